The minimum Gasteiger partial charge on any atom is -0.484 e. The molecule has 1 heterocycles. The van der Waals surface area contributed by atoms with Gasteiger partial charge in [-0.1, -0.05) is 6.07 Å². The highest BCUT2D eigenvalue weighted by Gasteiger charge is 2.38. The number of fused-ring (bicyclic) bond motifs is 1. The largest absolute Gasteiger partial charge is 0.484 e. The molecule has 1 aliphatic heterocycles. The Bertz CT molecular complexity index is 576. The van der Waals surface area contributed by atoms with E-state index >= 15 is 0 Å². The fourth-order valence-electron chi connectivity index (χ4n) is 3.83. The lowest BCUT2D eigenvalue weighted by Gasteiger charge is -2.33. The van der Waals surface area contributed by atoms with E-state index in [9.17, 15) is 9.90 Å². The summed E-state index contributed by atoms with van der Waals surface area (Å²) in [5.41, 5.74) is 1.91. The second-order valence-corrected chi connectivity index (χ2v) is 7.33. The highest BCUT2D eigenvalue weighted by atomic mass is 16.5. The normalized spacial score (nSPS) is 21.2. The summed E-state index contributed by atoms with van der Waals surface area (Å²) in [5.74, 6) is 0.741. The molecule has 2 aliphatic rings. The van der Waals surface area contributed by atoms with Crippen LogP contribution in [0.3, 0.4) is 0 Å². The van der Waals surface area contributed by atoms with Crippen LogP contribution in [0.2, 0.25) is 0 Å². The Hall–Kier alpha value is -1.55. The summed E-state index contributed by atoms with van der Waals surface area (Å²) in [6.07, 6.45) is 6.55. The molecule has 0 saturated carbocycles. The number of likely N-dealkylation sites (tertiary alicyclic amines) is 1. The lowest BCUT2D eigenvalue weighted by atomic mass is 9.92. The smallest absolute Gasteiger partial charge is 0.260 e. The predicted molar refractivity (Wildman–Crippen MR) is 89.6 cm³/mol. The standard InChI is InChI=1S/C19H27NO3/c1-19(2,22)17-8-5-11-20(17)18(21)13-23-16-10-9-14-6-3-4-7-15(14)12-16/h9-10,12,17,22H,3-8,11,13H2,1-2H3. The first-order valence-corrected chi connectivity index (χ1v) is 8.71. The maximum absolute atomic E-state index is 12.5. The summed E-state index contributed by atoms with van der Waals surface area (Å²) in [4.78, 5) is 14.2. The van der Waals surface area contributed by atoms with E-state index in [1.54, 1.807) is 18.7 Å². The molecule has 1 fully saturated rings. The van der Waals surface area contributed by atoms with Crippen molar-refractivity contribution < 1.29 is 14.6 Å². The number of rotatable bonds is 4. The molecule has 1 aromatic rings. The number of hydrogen-bond acceptors (Lipinski definition) is 3. The minimum absolute atomic E-state index is 0.0349. The molecule has 4 nitrogen and oxygen atoms in total. The number of amides is 1. The van der Waals surface area contributed by atoms with Gasteiger partial charge >= 0.3 is 0 Å². The van der Waals surface area contributed by atoms with Gasteiger partial charge < -0.3 is 14.7 Å². The summed E-state index contributed by atoms with van der Waals surface area (Å²) in [6.45, 7) is 4.30. The molecule has 0 radical (unpaired) electrons. The Balaban J connectivity index is 1.61. The Kier molecular flexibility index (Phi) is 4.62. The lowest BCUT2D eigenvalue weighted by Crippen LogP contribution is -2.49. The van der Waals surface area contributed by atoms with Crippen LogP contribution in [-0.4, -0.2) is 40.7 Å². The van der Waals surface area contributed by atoms with E-state index in [2.05, 4.69) is 12.1 Å². The second-order valence-electron chi connectivity index (χ2n) is 7.33. The van der Waals surface area contributed by atoms with Crippen molar-refractivity contribution in [3.8, 4) is 5.75 Å². The number of nitrogens with zero attached hydrogens (tertiary/aromatic N) is 1. The Morgan fingerprint density at radius 3 is 2.74 bits per heavy atom. The third-order valence-electron chi connectivity index (χ3n) is 5.07. The third kappa shape index (κ3) is 3.69. The van der Waals surface area contributed by atoms with Gasteiger partial charge in [-0.25, -0.2) is 0 Å². The zero-order valence-corrected chi connectivity index (χ0v) is 14.2. The van der Waals surface area contributed by atoms with E-state index in [1.807, 2.05) is 6.07 Å². The van der Waals surface area contributed by atoms with Gasteiger partial charge in [0.25, 0.3) is 5.91 Å². The molecule has 126 valence electrons. The van der Waals surface area contributed by atoms with Crippen LogP contribution in [0.1, 0.15) is 50.7 Å². The molecule has 0 spiro atoms. The van der Waals surface area contributed by atoms with E-state index in [4.69, 9.17) is 4.74 Å². The molecule has 1 atom stereocenters. The van der Waals surface area contributed by atoms with Crippen molar-refractivity contribution >= 4 is 5.91 Å². The van der Waals surface area contributed by atoms with Crippen molar-refractivity contribution in [3.05, 3.63) is 29.3 Å². The van der Waals surface area contributed by atoms with Crippen LogP contribution in [0.15, 0.2) is 18.2 Å². The van der Waals surface area contributed by atoms with Crippen LogP contribution in [0.4, 0.5) is 0 Å². The van der Waals surface area contributed by atoms with Gasteiger partial charge in [0.15, 0.2) is 6.61 Å². The van der Waals surface area contributed by atoms with Crippen molar-refractivity contribution in [3.63, 3.8) is 0 Å². The first-order valence-electron chi connectivity index (χ1n) is 8.71. The number of carbonyl (C=O) groups excluding carboxylic acids is 1. The zero-order chi connectivity index (χ0) is 16.4. The van der Waals surface area contributed by atoms with Crippen molar-refractivity contribution in [1.29, 1.82) is 0 Å². The summed E-state index contributed by atoms with van der Waals surface area (Å²) >= 11 is 0. The molecule has 23 heavy (non-hydrogen) atoms. The van der Waals surface area contributed by atoms with Crippen molar-refractivity contribution in [1.82, 2.24) is 4.90 Å². The van der Waals surface area contributed by atoms with E-state index < -0.39 is 5.60 Å². The Morgan fingerprint density at radius 1 is 1.26 bits per heavy atom. The number of aliphatic hydroxyl groups is 1. The molecular weight excluding hydrogens is 290 g/mol. The highest BCUT2D eigenvalue weighted by molar-refractivity contribution is 5.78. The van der Waals surface area contributed by atoms with Crippen LogP contribution >= 0.6 is 0 Å². The number of carbonyl (C=O) groups is 1. The SMILES string of the molecule is CC(C)(O)C1CCCN1C(=O)COc1ccc2c(c1)CCCC2. The molecule has 1 unspecified atom stereocenters. The fraction of sp³-hybridized carbons (Fsp3) is 0.632. The summed E-state index contributed by atoms with van der Waals surface area (Å²) in [5, 5.41) is 10.2. The lowest BCUT2D eigenvalue weighted by molar-refractivity contribution is -0.138. The van der Waals surface area contributed by atoms with Gasteiger partial charge in [0.2, 0.25) is 0 Å². The van der Waals surface area contributed by atoms with Gasteiger partial charge in [0.05, 0.1) is 11.6 Å². The summed E-state index contributed by atoms with van der Waals surface area (Å²) < 4.78 is 5.73. The number of aryl methyl sites for hydroxylation is 2. The van der Waals surface area contributed by atoms with Crippen molar-refractivity contribution in [2.75, 3.05) is 13.2 Å². The maximum atomic E-state index is 12.5. The van der Waals surface area contributed by atoms with Gasteiger partial charge in [-0.05, 0) is 75.6 Å². The van der Waals surface area contributed by atoms with Crippen LogP contribution in [-0.2, 0) is 17.6 Å². The van der Waals surface area contributed by atoms with E-state index in [-0.39, 0.29) is 18.6 Å². The zero-order valence-electron chi connectivity index (χ0n) is 14.2. The van der Waals surface area contributed by atoms with Gasteiger partial charge in [-0.15, -0.1) is 0 Å². The van der Waals surface area contributed by atoms with Gasteiger partial charge in [-0.3, -0.25) is 4.79 Å². The van der Waals surface area contributed by atoms with Crippen LogP contribution < -0.4 is 4.74 Å². The van der Waals surface area contributed by atoms with Gasteiger partial charge in [0, 0.05) is 6.54 Å². The first-order chi connectivity index (χ1) is 10.9. The van der Waals surface area contributed by atoms with Gasteiger partial charge in [-0.2, -0.15) is 0 Å². The van der Waals surface area contributed by atoms with Crippen LogP contribution in [0.25, 0.3) is 0 Å². The molecule has 1 aromatic carbocycles. The Morgan fingerprint density at radius 2 is 2.00 bits per heavy atom. The van der Waals surface area contributed by atoms with E-state index in [0.29, 0.717) is 6.54 Å². The average molecular weight is 317 g/mol. The molecule has 0 bridgehead atoms. The highest BCUT2D eigenvalue weighted by Crippen LogP contribution is 2.28. The Labute approximate surface area is 138 Å². The quantitative estimate of drug-likeness (QED) is 0.929. The van der Waals surface area contributed by atoms with Crippen molar-refractivity contribution in [2.45, 2.75) is 64.0 Å². The average Bonchev–Trinajstić information content (AvgIpc) is 3.02. The fourth-order valence-corrected chi connectivity index (χ4v) is 3.83. The van der Waals surface area contributed by atoms with E-state index in [1.165, 1.54) is 24.0 Å². The molecule has 1 N–H and O–H groups in total. The molecule has 1 aliphatic carbocycles. The predicted octanol–water partition coefficient (Wildman–Crippen LogP) is 2.71. The van der Waals surface area contributed by atoms with Crippen molar-refractivity contribution in [2.24, 2.45) is 0 Å². The summed E-state index contributed by atoms with van der Waals surface area (Å²) in [7, 11) is 0. The molecule has 1 saturated heterocycles. The van der Waals surface area contributed by atoms with Gasteiger partial charge in [0.1, 0.15) is 5.75 Å². The minimum atomic E-state index is -0.863. The molecule has 4 heteroatoms. The number of hydrogen-bond donors (Lipinski definition) is 1. The summed E-state index contributed by atoms with van der Waals surface area (Å²) in [6, 6.07) is 6.07. The van der Waals surface area contributed by atoms with Crippen LogP contribution in [0, 0.1) is 0 Å². The maximum Gasteiger partial charge on any atom is 0.260 e. The second kappa shape index (κ2) is 6.52. The monoisotopic (exact) mass is 317 g/mol. The molecular formula is C19H27NO3. The molecule has 1 amide bonds. The number of benzene rings is 1. The molecule has 0 aromatic heterocycles. The topological polar surface area (TPSA) is 49.8 Å². The van der Waals surface area contributed by atoms with E-state index in [0.717, 1.165) is 31.4 Å². The number of ether oxygens (including phenoxy) is 1. The van der Waals surface area contributed by atoms with Crippen LogP contribution in [0.5, 0.6) is 5.75 Å². The first kappa shape index (κ1) is 16.3. The third-order valence-corrected chi connectivity index (χ3v) is 5.07. The molecule has 3 rings (SSSR count).